The van der Waals surface area contributed by atoms with Gasteiger partial charge in [-0.1, -0.05) is 0 Å². The molecule has 0 heterocycles. The fourth-order valence-corrected chi connectivity index (χ4v) is 2.82. The average Bonchev–Trinajstić information content (AvgIpc) is 2.33. The van der Waals surface area contributed by atoms with Crippen LogP contribution >= 0.6 is 10.7 Å². The summed E-state index contributed by atoms with van der Waals surface area (Å²) >= 11 is 0. The lowest BCUT2D eigenvalue weighted by Gasteiger charge is -2.12. The smallest absolute Gasteiger partial charge is 0.120 e. The van der Waals surface area contributed by atoms with Crippen molar-refractivity contribution in [1.29, 1.82) is 0 Å². The van der Waals surface area contributed by atoms with Crippen LogP contribution in [-0.4, -0.2) is 22.7 Å². The van der Waals surface area contributed by atoms with E-state index in [0.29, 0.717) is 0 Å². The maximum atomic E-state index is 10.8. The Bertz CT molecular complexity index is 140. The minimum atomic E-state index is -1.22. The van der Waals surface area contributed by atoms with Crippen LogP contribution in [0, 0.1) is 0 Å². The molecular formula is C6H11ClO2S. The van der Waals surface area contributed by atoms with E-state index in [0.717, 1.165) is 19.3 Å². The number of ether oxygens (including phenoxy) is 1. The van der Waals surface area contributed by atoms with Crippen molar-refractivity contribution in [2.24, 2.45) is 0 Å². The lowest BCUT2D eigenvalue weighted by molar-refractivity contribution is 0.112. The zero-order chi connectivity index (χ0) is 7.56. The van der Waals surface area contributed by atoms with Gasteiger partial charge in [0.1, 0.15) is 10.0 Å². The summed E-state index contributed by atoms with van der Waals surface area (Å²) in [6.07, 6.45) is 3.15. The minimum absolute atomic E-state index is 0.0617. The lowest BCUT2D eigenvalue weighted by atomic mass is 10.3. The summed E-state index contributed by atoms with van der Waals surface area (Å²) in [5.74, 6) is 0. The van der Waals surface area contributed by atoms with Crippen LogP contribution in [0.2, 0.25) is 0 Å². The highest BCUT2D eigenvalue weighted by atomic mass is 35.7. The van der Waals surface area contributed by atoms with Crippen LogP contribution < -0.4 is 0 Å². The quantitative estimate of drug-likeness (QED) is 0.605. The maximum absolute atomic E-state index is 10.8. The Hall–Kier alpha value is 0.400. The van der Waals surface area contributed by atoms with E-state index in [4.69, 9.17) is 15.4 Å². The van der Waals surface area contributed by atoms with Gasteiger partial charge in [0, 0.05) is 7.11 Å². The second kappa shape index (κ2) is 3.69. The zero-order valence-corrected chi connectivity index (χ0v) is 7.45. The second-order valence-electron chi connectivity index (χ2n) is 2.49. The van der Waals surface area contributed by atoms with E-state index >= 15 is 0 Å². The topological polar surface area (TPSA) is 26.3 Å². The predicted molar refractivity (Wildman–Crippen MR) is 42.4 cm³/mol. The molecule has 0 bridgehead atoms. The zero-order valence-electron chi connectivity index (χ0n) is 5.88. The monoisotopic (exact) mass is 182 g/mol. The first-order valence-corrected chi connectivity index (χ1v) is 5.39. The predicted octanol–water partition coefficient (Wildman–Crippen LogP) is 1.46. The van der Waals surface area contributed by atoms with Crippen molar-refractivity contribution in [2.45, 2.75) is 30.6 Å². The third-order valence-electron chi connectivity index (χ3n) is 1.93. The molecule has 1 aliphatic carbocycles. The van der Waals surface area contributed by atoms with Gasteiger partial charge in [-0.25, -0.2) is 4.21 Å². The molecule has 1 unspecified atom stereocenters. The van der Waals surface area contributed by atoms with Crippen molar-refractivity contribution >= 4 is 20.7 Å². The molecule has 0 N–H and O–H groups in total. The molecule has 0 amide bonds. The molecule has 1 saturated carbocycles. The van der Waals surface area contributed by atoms with Crippen LogP contribution in [0.1, 0.15) is 19.3 Å². The van der Waals surface area contributed by atoms with Crippen molar-refractivity contribution in [2.75, 3.05) is 7.11 Å². The Balaban J connectivity index is 2.50. The molecule has 3 atom stereocenters. The number of hydrogen-bond acceptors (Lipinski definition) is 2. The first-order valence-electron chi connectivity index (χ1n) is 3.35. The van der Waals surface area contributed by atoms with Gasteiger partial charge in [0.15, 0.2) is 0 Å². The molecule has 1 aliphatic rings. The van der Waals surface area contributed by atoms with Crippen LogP contribution in [0.5, 0.6) is 0 Å². The summed E-state index contributed by atoms with van der Waals surface area (Å²) in [7, 11) is 5.87. The van der Waals surface area contributed by atoms with E-state index in [1.165, 1.54) is 0 Å². The van der Waals surface area contributed by atoms with Gasteiger partial charge in [-0.05, 0) is 29.9 Å². The van der Waals surface area contributed by atoms with Crippen molar-refractivity contribution in [3.05, 3.63) is 0 Å². The van der Waals surface area contributed by atoms with Crippen molar-refractivity contribution in [3.8, 4) is 0 Å². The molecule has 0 radical (unpaired) electrons. The van der Waals surface area contributed by atoms with Gasteiger partial charge in [-0.3, -0.25) is 0 Å². The summed E-state index contributed by atoms with van der Waals surface area (Å²) < 4.78 is 15.9. The number of rotatable bonds is 2. The van der Waals surface area contributed by atoms with E-state index in [9.17, 15) is 4.21 Å². The highest BCUT2D eigenvalue weighted by Crippen LogP contribution is 2.27. The SMILES string of the molecule is CO[C@H]1CCC[C@H]1S(=O)Cl. The molecular weight excluding hydrogens is 172 g/mol. The maximum Gasteiger partial charge on any atom is 0.120 e. The molecule has 2 nitrogen and oxygen atoms in total. The van der Waals surface area contributed by atoms with Gasteiger partial charge in [0.2, 0.25) is 0 Å². The van der Waals surface area contributed by atoms with E-state index in [-0.39, 0.29) is 11.4 Å². The van der Waals surface area contributed by atoms with Gasteiger partial charge >= 0.3 is 0 Å². The van der Waals surface area contributed by atoms with Crippen LogP contribution in [0.4, 0.5) is 0 Å². The third-order valence-corrected chi connectivity index (χ3v) is 3.63. The Kier molecular flexibility index (Phi) is 3.14. The van der Waals surface area contributed by atoms with E-state index in [1.807, 2.05) is 0 Å². The Labute approximate surface area is 67.9 Å². The third kappa shape index (κ3) is 1.71. The molecule has 60 valence electrons. The minimum Gasteiger partial charge on any atom is -0.380 e. The lowest BCUT2D eigenvalue weighted by Crippen LogP contribution is -2.23. The molecule has 1 rings (SSSR count). The summed E-state index contributed by atoms with van der Waals surface area (Å²) in [6.45, 7) is 0. The first kappa shape index (κ1) is 8.50. The Morgan fingerprint density at radius 1 is 1.60 bits per heavy atom. The molecule has 0 aliphatic heterocycles. The largest absolute Gasteiger partial charge is 0.380 e. The molecule has 1 fully saturated rings. The van der Waals surface area contributed by atoms with Gasteiger partial charge in [0.05, 0.1) is 11.4 Å². The standard InChI is InChI=1S/C6H11ClO2S/c1-9-5-3-2-4-6(5)10(7)8/h5-6H,2-4H2,1H3/t5-,6+,10?/m0/s1. The van der Waals surface area contributed by atoms with Gasteiger partial charge in [0.25, 0.3) is 0 Å². The highest BCUT2D eigenvalue weighted by Gasteiger charge is 2.31. The van der Waals surface area contributed by atoms with Crippen molar-refractivity contribution < 1.29 is 8.95 Å². The summed E-state index contributed by atoms with van der Waals surface area (Å²) in [6, 6.07) is 0. The molecule has 10 heavy (non-hydrogen) atoms. The van der Waals surface area contributed by atoms with Crippen molar-refractivity contribution in [1.82, 2.24) is 0 Å². The van der Waals surface area contributed by atoms with Crippen LogP contribution in [0.15, 0.2) is 0 Å². The Morgan fingerprint density at radius 3 is 2.70 bits per heavy atom. The first-order chi connectivity index (χ1) is 4.75. The number of halogens is 1. The van der Waals surface area contributed by atoms with Gasteiger partial charge in [-0.2, -0.15) is 0 Å². The number of methoxy groups -OCH3 is 1. The molecule has 0 aromatic carbocycles. The molecule has 4 heteroatoms. The number of hydrogen-bond donors (Lipinski definition) is 0. The fraction of sp³-hybridized carbons (Fsp3) is 1.00. The average molecular weight is 183 g/mol. The van der Waals surface area contributed by atoms with E-state index in [2.05, 4.69) is 0 Å². The van der Waals surface area contributed by atoms with Gasteiger partial charge < -0.3 is 4.74 Å². The van der Waals surface area contributed by atoms with E-state index < -0.39 is 10.0 Å². The highest BCUT2D eigenvalue weighted by molar-refractivity contribution is 8.08. The van der Waals surface area contributed by atoms with Crippen LogP contribution in [-0.2, 0) is 14.7 Å². The summed E-state index contributed by atoms with van der Waals surface area (Å²) in [5.41, 5.74) is 0. The molecule has 0 aromatic rings. The van der Waals surface area contributed by atoms with Crippen LogP contribution in [0.3, 0.4) is 0 Å². The van der Waals surface area contributed by atoms with Crippen molar-refractivity contribution in [3.63, 3.8) is 0 Å². The van der Waals surface area contributed by atoms with E-state index in [1.54, 1.807) is 7.11 Å². The fourth-order valence-electron chi connectivity index (χ4n) is 1.37. The Morgan fingerprint density at radius 2 is 2.30 bits per heavy atom. The summed E-state index contributed by atoms with van der Waals surface area (Å²) in [4.78, 5) is 0. The normalized spacial score (nSPS) is 36.2. The molecule has 0 aromatic heterocycles. The molecule has 0 saturated heterocycles. The van der Waals surface area contributed by atoms with Gasteiger partial charge in [-0.15, -0.1) is 0 Å². The second-order valence-corrected chi connectivity index (χ2v) is 4.51. The molecule has 0 spiro atoms. The summed E-state index contributed by atoms with van der Waals surface area (Å²) in [5, 5.41) is 0.0617. The van der Waals surface area contributed by atoms with Crippen LogP contribution in [0.25, 0.3) is 0 Å².